The van der Waals surface area contributed by atoms with Gasteiger partial charge >= 0.3 is 11.8 Å². The lowest BCUT2D eigenvalue weighted by atomic mass is 9.98. The quantitative estimate of drug-likeness (QED) is 0.867. The van der Waals surface area contributed by atoms with Crippen molar-refractivity contribution in [1.82, 2.24) is 9.88 Å². The molecule has 0 bridgehead atoms. The summed E-state index contributed by atoms with van der Waals surface area (Å²) in [7, 11) is 1.43. The molecular weight excluding hydrogens is 325 g/mol. The zero-order valence-electron chi connectivity index (χ0n) is 13.7. The van der Waals surface area contributed by atoms with E-state index < -0.39 is 11.8 Å². The molecule has 2 amide bonds. The number of methoxy groups -OCH3 is 1. The topological polar surface area (TPSA) is 71.5 Å². The molecule has 2 heterocycles. The van der Waals surface area contributed by atoms with E-state index in [0.717, 1.165) is 5.56 Å². The first kappa shape index (κ1) is 16.9. The van der Waals surface area contributed by atoms with Crippen LogP contribution < -0.4 is 10.1 Å². The number of nitrogens with one attached hydrogen (secondary N) is 1. The van der Waals surface area contributed by atoms with E-state index in [9.17, 15) is 14.0 Å². The Hall–Kier alpha value is -2.96. The molecule has 7 heteroatoms. The molecule has 0 aliphatic carbocycles. The molecule has 3 rings (SSSR count). The molecule has 0 saturated carbocycles. The van der Waals surface area contributed by atoms with Gasteiger partial charge in [0, 0.05) is 25.2 Å². The Morgan fingerprint density at radius 3 is 2.92 bits per heavy atom. The van der Waals surface area contributed by atoms with Crippen molar-refractivity contribution in [1.29, 1.82) is 0 Å². The largest absolute Gasteiger partial charge is 0.480 e. The van der Waals surface area contributed by atoms with E-state index in [-0.39, 0.29) is 17.6 Å². The van der Waals surface area contributed by atoms with Gasteiger partial charge in [0.15, 0.2) is 0 Å². The van der Waals surface area contributed by atoms with Gasteiger partial charge in [-0.05, 0) is 36.2 Å². The van der Waals surface area contributed by atoms with Gasteiger partial charge in [0.1, 0.15) is 11.5 Å². The SMILES string of the molecule is COc1ncccc1NC(=O)C(=O)N1CC[C@H](c2cccc(F)c2)C1. The Morgan fingerprint density at radius 1 is 1.32 bits per heavy atom. The number of halogens is 1. The molecule has 25 heavy (non-hydrogen) atoms. The molecule has 1 aromatic carbocycles. The summed E-state index contributed by atoms with van der Waals surface area (Å²) in [5.41, 5.74) is 1.17. The third kappa shape index (κ3) is 3.76. The van der Waals surface area contributed by atoms with Crippen LogP contribution in [0.1, 0.15) is 17.9 Å². The van der Waals surface area contributed by atoms with Gasteiger partial charge in [-0.2, -0.15) is 0 Å². The van der Waals surface area contributed by atoms with Crippen molar-refractivity contribution in [3.05, 3.63) is 54.0 Å². The maximum Gasteiger partial charge on any atom is 0.314 e. The highest BCUT2D eigenvalue weighted by atomic mass is 19.1. The van der Waals surface area contributed by atoms with E-state index in [1.807, 2.05) is 6.07 Å². The maximum absolute atomic E-state index is 13.4. The molecule has 1 N–H and O–H groups in total. The van der Waals surface area contributed by atoms with E-state index >= 15 is 0 Å². The molecule has 1 aliphatic heterocycles. The van der Waals surface area contributed by atoms with E-state index in [0.29, 0.717) is 25.2 Å². The molecule has 0 unspecified atom stereocenters. The molecule has 1 atom stereocenters. The van der Waals surface area contributed by atoms with Crippen molar-refractivity contribution < 1.29 is 18.7 Å². The molecule has 1 aliphatic rings. The summed E-state index contributed by atoms with van der Waals surface area (Å²) < 4.78 is 18.4. The number of aromatic nitrogens is 1. The van der Waals surface area contributed by atoms with Crippen LogP contribution in [-0.2, 0) is 9.59 Å². The van der Waals surface area contributed by atoms with E-state index in [2.05, 4.69) is 10.3 Å². The number of benzene rings is 1. The first-order valence-corrected chi connectivity index (χ1v) is 7.93. The number of hydrogen-bond donors (Lipinski definition) is 1. The number of hydrogen-bond acceptors (Lipinski definition) is 4. The van der Waals surface area contributed by atoms with Crippen LogP contribution in [0.3, 0.4) is 0 Å². The second-order valence-corrected chi connectivity index (χ2v) is 5.81. The average Bonchev–Trinajstić information content (AvgIpc) is 3.11. The van der Waals surface area contributed by atoms with Gasteiger partial charge in [-0.15, -0.1) is 0 Å². The van der Waals surface area contributed by atoms with E-state index in [4.69, 9.17) is 4.74 Å². The lowest BCUT2D eigenvalue weighted by Crippen LogP contribution is -2.38. The first-order valence-electron chi connectivity index (χ1n) is 7.93. The minimum Gasteiger partial charge on any atom is -0.480 e. The molecule has 130 valence electrons. The number of likely N-dealkylation sites (tertiary alicyclic amines) is 1. The molecular formula is C18H18FN3O3. The molecule has 0 radical (unpaired) electrons. The molecule has 1 aromatic heterocycles. The number of ether oxygens (including phenoxy) is 1. The maximum atomic E-state index is 13.4. The van der Waals surface area contributed by atoms with Crippen molar-refractivity contribution in [2.75, 3.05) is 25.5 Å². The Balaban J connectivity index is 1.64. The van der Waals surface area contributed by atoms with Crippen LogP contribution in [0, 0.1) is 5.82 Å². The van der Waals surface area contributed by atoms with Gasteiger partial charge in [0.05, 0.1) is 7.11 Å². The Labute approximate surface area is 144 Å². The number of rotatable bonds is 3. The number of amides is 2. The summed E-state index contributed by atoms with van der Waals surface area (Å²) in [5, 5.41) is 2.52. The van der Waals surface area contributed by atoms with E-state index in [1.54, 1.807) is 18.2 Å². The van der Waals surface area contributed by atoms with Gasteiger partial charge in [0.2, 0.25) is 5.88 Å². The lowest BCUT2D eigenvalue weighted by Gasteiger charge is -2.16. The number of carbonyl (C=O) groups excluding carboxylic acids is 2. The third-order valence-electron chi connectivity index (χ3n) is 4.20. The fraction of sp³-hybridized carbons (Fsp3) is 0.278. The number of pyridine rings is 1. The molecule has 1 saturated heterocycles. The van der Waals surface area contributed by atoms with Gasteiger partial charge in [-0.3, -0.25) is 9.59 Å². The number of nitrogens with zero attached hydrogens (tertiary/aromatic N) is 2. The van der Waals surface area contributed by atoms with Crippen LogP contribution in [0.25, 0.3) is 0 Å². The predicted molar refractivity (Wildman–Crippen MR) is 89.8 cm³/mol. The number of anilines is 1. The van der Waals surface area contributed by atoms with Gasteiger partial charge < -0.3 is 15.0 Å². The van der Waals surface area contributed by atoms with Crippen LogP contribution in [0.4, 0.5) is 10.1 Å². The third-order valence-corrected chi connectivity index (χ3v) is 4.20. The summed E-state index contributed by atoms with van der Waals surface area (Å²) in [6, 6.07) is 9.59. The van der Waals surface area contributed by atoms with Gasteiger partial charge in [-0.1, -0.05) is 12.1 Å². The molecule has 0 spiro atoms. The van der Waals surface area contributed by atoms with Gasteiger partial charge in [0.25, 0.3) is 0 Å². The highest BCUT2D eigenvalue weighted by Gasteiger charge is 2.31. The molecule has 6 nitrogen and oxygen atoms in total. The smallest absolute Gasteiger partial charge is 0.314 e. The average molecular weight is 343 g/mol. The highest BCUT2D eigenvalue weighted by Crippen LogP contribution is 2.28. The molecule has 1 fully saturated rings. The monoisotopic (exact) mass is 343 g/mol. The van der Waals surface area contributed by atoms with Crippen LogP contribution in [0.2, 0.25) is 0 Å². The number of carbonyl (C=O) groups is 2. The summed E-state index contributed by atoms with van der Waals surface area (Å²) in [5.74, 6) is -1.40. The van der Waals surface area contributed by atoms with Crippen LogP contribution in [0.15, 0.2) is 42.6 Å². The lowest BCUT2D eigenvalue weighted by molar-refractivity contribution is -0.142. The summed E-state index contributed by atoms with van der Waals surface area (Å²) >= 11 is 0. The standard InChI is InChI=1S/C18H18FN3O3/c1-25-17-15(6-3-8-20-17)21-16(23)18(24)22-9-7-13(11-22)12-4-2-5-14(19)10-12/h2-6,8,10,13H,7,9,11H2,1H3,(H,21,23)/t13-/m0/s1. The minimum atomic E-state index is -0.744. The van der Waals surface area contributed by atoms with Crippen LogP contribution >= 0.6 is 0 Å². The Kier molecular flexibility index (Phi) is 4.92. The van der Waals surface area contributed by atoms with Crippen molar-refractivity contribution in [3.63, 3.8) is 0 Å². The fourth-order valence-corrected chi connectivity index (χ4v) is 2.95. The minimum absolute atomic E-state index is 0.0281. The zero-order chi connectivity index (χ0) is 17.8. The van der Waals surface area contributed by atoms with Crippen molar-refractivity contribution in [2.45, 2.75) is 12.3 Å². The Bertz CT molecular complexity index is 797. The van der Waals surface area contributed by atoms with Crippen LogP contribution in [0.5, 0.6) is 5.88 Å². The fourth-order valence-electron chi connectivity index (χ4n) is 2.95. The second kappa shape index (κ2) is 7.29. The zero-order valence-corrected chi connectivity index (χ0v) is 13.7. The first-order chi connectivity index (χ1) is 12.1. The second-order valence-electron chi connectivity index (χ2n) is 5.81. The summed E-state index contributed by atoms with van der Waals surface area (Å²) in [6.07, 6.45) is 2.22. The van der Waals surface area contributed by atoms with Crippen molar-refractivity contribution >= 4 is 17.5 Å². The highest BCUT2D eigenvalue weighted by molar-refractivity contribution is 6.39. The predicted octanol–water partition coefficient (Wildman–Crippen LogP) is 2.18. The normalized spacial score (nSPS) is 16.6. The van der Waals surface area contributed by atoms with Crippen LogP contribution in [-0.4, -0.2) is 41.9 Å². The summed E-state index contributed by atoms with van der Waals surface area (Å²) in [4.78, 5) is 30.0. The van der Waals surface area contributed by atoms with Crippen molar-refractivity contribution in [2.24, 2.45) is 0 Å². The van der Waals surface area contributed by atoms with Gasteiger partial charge in [-0.25, -0.2) is 9.37 Å². The molecule has 2 aromatic rings. The van der Waals surface area contributed by atoms with Crippen molar-refractivity contribution in [3.8, 4) is 5.88 Å². The Morgan fingerprint density at radius 2 is 2.16 bits per heavy atom. The van der Waals surface area contributed by atoms with E-state index in [1.165, 1.54) is 30.3 Å². The summed E-state index contributed by atoms with van der Waals surface area (Å²) in [6.45, 7) is 0.845.